The molecule has 2 N–H and O–H groups in total. The quantitative estimate of drug-likeness (QED) is 0.615. The number of benzene rings is 2. The van der Waals surface area contributed by atoms with Crippen molar-refractivity contribution in [1.82, 2.24) is 10.3 Å². The number of piperidine rings is 1. The zero-order chi connectivity index (χ0) is 20.9. The molecule has 0 unspecified atom stereocenters. The molecule has 1 fully saturated rings. The lowest BCUT2D eigenvalue weighted by atomic mass is 9.97. The van der Waals surface area contributed by atoms with Gasteiger partial charge >= 0.3 is 0 Å². The number of carbonyl (C=O) groups excluding carboxylic acids is 2. The average Bonchev–Trinajstić information content (AvgIpc) is 3.19. The summed E-state index contributed by atoms with van der Waals surface area (Å²) in [5.41, 5.74) is 2.14. The summed E-state index contributed by atoms with van der Waals surface area (Å²) in [4.78, 5) is 30.7. The third-order valence-corrected chi connectivity index (χ3v) is 7.07. The number of hydrogen-bond donors (Lipinski definition) is 2. The van der Waals surface area contributed by atoms with Gasteiger partial charge in [-0.3, -0.25) is 9.59 Å². The predicted octanol–water partition coefficient (Wildman–Crippen LogP) is 2.38. The van der Waals surface area contributed by atoms with Crippen LogP contribution in [0.2, 0.25) is 0 Å². The van der Waals surface area contributed by atoms with Crippen LogP contribution in [0.25, 0.3) is 10.2 Å². The van der Waals surface area contributed by atoms with Crippen molar-refractivity contribution < 1.29 is 14.5 Å². The van der Waals surface area contributed by atoms with Gasteiger partial charge in [0.15, 0.2) is 12.3 Å². The molecule has 1 amide bonds. The van der Waals surface area contributed by atoms with Crippen molar-refractivity contribution in [1.29, 1.82) is 0 Å². The second kappa shape index (κ2) is 9.49. The molecule has 2 heterocycles. The van der Waals surface area contributed by atoms with Crippen molar-refractivity contribution in [3.8, 4) is 0 Å². The third kappa shape index (κ3) is 5.12. The first-order valence-electron chi connectivity index (χ1n) is 10.6. The Morgan fingerprint density at radius 2 is 1.80 bits per heavy atom. The molecule has 1 atom stereocenters. The highest BCUT2D eigenvalue weighted by Gasteiger charge is 2.28. The van der Waals surface area contributed by atoms with Crippen molar-refractivity contribution in [2.45, 2.75) is 38.1 Å². The van der Waals surface area contributed by atoms with Gasteiger partial charge in [-0.2, -0.15) is 0 Å². The van der Waals surface area contributed by atoms with Crippen LogP contribution in [-0.2, 0) is 16.0 Å². The number of amides is 1. The van der Waals surface area contributed by atoms with E-state index in [1.54, 1.807) is 18.3 Å². The number of nitrogens with zero attached hydrogens (tertiary/aromatic N) is 1. The molecule has 0 radical (unpaired) electrons. The molecule has 30 heavy (non-hydrogen) atoms. The number of quaternary nitrogens is 1. The van der Waals surface area contributed by atoms with Crippen molar-refractivity contribution in [2.24, 2.45) is 0 Å². The highest BCUT2D eigenvalue weighted by molar-refractivity contribution is 7.18. The van der Waals surface area contributed by atoms with E-state index in [4.69, 9.17) is 4.98 Å². The minimum atomic E-state index is -0.459. The summed E-state index contributed by atoms with van der Waals surface area (Å²) in [6.45, 7) is 3.88. The Bertz CT molecular complexity index is 976. The molecule has 1 aliphatic heterocycles. The van der Waals surface area contributed by atoms with E-state index in [1.165, 1.54) is 14.6 Å². The highest BCUT2D eigenvalue weighted by Crippen LogP contribution is 2.31. The van der Waals surface area contributed by atoms with E-state index in [9.17, 15) is 9.59 Å². The van der Waals surface area contributed by atoms with Crippen molar-refractivity contribution in [3.63, 3.8) is 0 Å². The maximum atomic E-state index is 12.6. The molecule has 0 spiro atoms. The summed E-state index contributed by atoms with van der Waals surface area (Å²) in [5.74, 6) is 0.438. The van der Waals surface area contributed by atoms with Crippen molar-refractivity contribution in [2.75, 3.05) is 19.6 Å². The smallest absolute Gasteiger partial charge is 0.275 e. The van der Waals surface area contributed by atoms with Crippen LogP contribution < -0.4 is 10.2 Å². The molecule has 5 nitrogen and oxygen atoms in total. The lowest BCUT2D eigenvalue weighted by molar-refractivity contribution is -0.897. The number of para-hydroxylation sites is 1. The Morgan fingerprint density at radius 1 is 1.10 bits per heavy atom. The molecular formula is C24H28N3O2S+. The second-order valence-electron chi connectivity index (χ2n) is 8.14. The number of Topliss-reactive ketones (excluding diaryl/α,β-unsaturated/α-hetero) is 1. The molecule has 0 aliphatic carbocycles. The fourth-order valence-electron chi connectivity index (χ4n) is 4.13. The average molecular weight is 423 g/mol. The monoisotopic (exact) mass is 422 g/mol. The van der Waals surface area contributed by atoms with Crippen LogP contribution in [0.4, 0.5) is 0 Å². The summed E-state index contributed by atoms with van der Waals surface area (Å²) in [7, 11) is 0. The van der Waals surface area contributed by atoms with Gasteiger partial charge in [0.1, 0.15) is 0 Å². The largest absolute Gasteiger partial charge is 0.341 e. The summed E-state index contributed by atoms with van der Waals surface area (Å²) < 4.78 is 1.25. The lowest BCUT2D eigenvalue weighted by Gasteiger charge is -2.28. The number of aromatic nitrogens is 1. The highest BCUT2D eigenvalue weighted by atomic mass is 32.1. The third-order valence-electron chi connectivity index (χ3n) is 5.87. The first-order chi connectivity index (χ1) is 14.6. The van der Waals surface area contributed by atoms with Gasteiger partial charge in [-0.05, 0) is 31.0 Å². The fourth-order valence-corrected chi connectivity index (χ4v) is 5.27. The van der Waals surface area contributed by atoms with E-state index in [-0.39, 0.29) is 11.7 Å². The van der Waals surface area contributed by atoms with E-state index in [1.807, 2.05) is 36.4 Å². The molecule has 156 valence electrons. The van der Waals surface area contributed by atoms with Gasteiger partial charge in [-0.25, -0.2) is 4.98 Å². The molecule has 1 aliphatic rings. The Balaban J connectivity index is 1.28. The first-order valence-corrected chi connectivity index (χ1v) is 11.4. The minimum Gasteiger partial charge on any atom is -0.341 e. The van der Waals surface area contributed by atoms with Crippen LogP contribution >= 0.6 is 11.3 Å². The molecule has 6 heteroatoms. The first kappa shape index (κ1) is 20.7. The van der Waals surface area contributed by atoms with Gasteiger partial charge in [0.05, 0.1) is 34.4 Å². The number of rotatable bonds is 7. The van der Waals surface area contributed by atoms with E-state index in [2.05, 4.69) is 23.5 Å². The summed E-state index contributed by atoms with van der Waals surface area (Å²) >= 11 is 1.79. The molecule has 2 aromatic carbocycles. The van der Waals surface area contributed by atoms with E-state index in [0.717, 1.165) is 37.0 Å². The molecule has 1 aromatic heterocycles. The van der Waals surface area contributed by atoms with Crippen LogP contribution in [0.3, 0.4) is 0 Å². The van der Waals surface area contributed by atoms with Crippen LogP contribution in [0, 0.1) is 0 Å². The summed E-state index contributed by atoms with van der Waals surface area (Å²) in [6, 6.07) is 17.7. The van der Waals surface area contributed by atoms with Gasteiger partial charge in [-0.15, -0.1) is 11.3 Å². The fraction of sp³-hybridized carbons (Fsp3) is 0.375. The minimum absolute atomic E-state index is 0.00301. The number of likely N-dealkylation sites (tertiary alicyclic amines) is 1. The predicted molar refractivity (Wildman–Crippen MR) is 120 cm³/mol. The second-order valence-corrected chi connectivity index (χ2v) is 9.20. The maximum Gasteiger partial charge on any atom is 0.275 e. The molecule has 0 bridgehead atoms. The number of thiazole rings is 1. The molecular weight excluding hydrogens is 394 g/mol. The molecule has 3 aromatic rings. The van der Waals surface area contributed by atoms with Crippen LogP contribution in [0.15, 0.2) is 54.6 Å². The standard InChI is InChI=1S/C24H27N3O2S/c1-17(28)21(15-18-7-3-2-4-8-18)25-23(29)16-27-13-11-19(12-14-27)24-26-20-9-5-6-10-22(20)30-24/h2-10,19,21H,11-16H2,1H3,(H,25,29)/p+1/t21-/m0/s1. The Hall–Kier alpha value is -2.57. The Kier molecular flexibility index (Phi) is 6.55. The van der Waals surface area contributed by atoms with Crippen LogP contribution in [-0.4, -0.2) is 42.4 Å². The number of ketones is 1. The zero-order valence-electron chi connectivity index (χ0n) is 17.3. The Morgan fingerprint density at radius 3 is 2.50 bits per heavy atom. The van der Waals surface area contributed by atoms with E-state index in [0.29, 0.717) is 18.9 Å². The maximum absolute atomic E-state index is 12.6. The van der Waals surface area contributed by atoms with Crippen molar-refractivity contribution in [3.05, 3.63) is 65.2 Å². The van der Waals surface area contributed by atoms with E-state index >= 15 is 0 Å². The number of carbonyl (C=O) groups is 2. The van der Waals surface area contributed by atoms with Crippen molar-refractivity contribution >= 4 is 33.2 Å². The van der Waals surface area contributed by atoms with Crippen LogP contribution in [0.1, 0.15) is 36.3 Å². The number of hydrogen-bond acceptors (Lipinski definition) is 4. The van der Waals surface area contributed by atoms with Gasteiger partial charge in [0.2, 0.25) is 0 Å². The molecule has 4 rings (SSSR count). The normalized spacial score (nSPS) is 20.0. The topological polar surface area (TPSA) is 63.5 Å². The van der Waals surface area contributed by atoms with Gasteiger partial charge < -0.3 is 10.2 Å². The van der Waals surface area contributed by atoms with Gasteiger partial charge in [0, 0.05) is 18.8 Å². The summed E-state index contributed by atoms with van der Waals surface area (Å²) in [5, 5.41) is 4.17. The summed E-state index contributed by atoms with van der Waals surface area (Å²) in [6.07, 6.45) is 2.63. The Labute approximate surface area is 181 Å². The SMILES string of the molecule is CC(=O)[C@H](Cc1ccccc1)NC(=O)C[NH+]1CCC(c2nc3ccccc3s2)CC1. The van der Waals surface area contributed by atoms with E-state index < -0.39 is 6.04 Å². The zero-order valence-corrected chi connectivity index (χ0v) is 18.1. The number of nitrogens with one attached hydrogen (secondary N) is 2. The lowest BCUT2D eigenvalue weighted by Crippen LogP contribution is -3.14. The molecule has 0 saturated carbocycles. The molecule has 1 saturated heterocycles. The number of fused-ring (bicyclic) bond motifs is 1. The van der Waals surface area contributed by atoms with Gasteiger partial charge in [-0.1, -0.05) is 42.5 Å². The van der Waals surface area contributed by atoms with Gasteiger partial charge in [0.25, 0.3) is 5.91 Å². The van der Waals surface area contributed by atoms with Crippen LogP contribution in [0.5, 0.6) is 0 Å².